The van der Waals surface area contributed by atoms with E-state index in [2.05, 4.69) is 4.98 Å². The van der Waals surface area contributed by atoms with E-state index in [4.69, 9.17) is 9.84 Å². The molecule has 0 saturated carbocycles. The Morgan fingerprint density at radius 3 is 2.84 bits per heavy atom. The molecule has 0 unspecified atom stereocenters. The lowest BCUT2D eigenvalue weighted by Crippen LogP contribution is -2.49. The maximum absolute atomic E-state index is 12.9. The van der Waals surface area contributed by atoms with Crippen LogP contribution in [0, 0.1) is 5.82 Å². The molecule has 3 rings (SSSR count). The lowest BCUT2D eigenvalue weighted by Gasteiger charge is -2.30. The third-order valence-electron chi connectivity index (χ3n) is 3.89. The van der Waals surface area contributed by atoms with Crippen molar-refractivity contribution in [3.8, 4) is 0 Å². The number of halogens is 1. The molecule has 1 aromatic carbocycles. The smallest absolute Gasteiger partial charge is 0.334 e. The van der Waals surface area contributed by atoms with Crippen LogP contribution in [0.5, 0.6) is 0 Å². The number of carboxylic acid groups (broad SMARTS) is 1. The highest BCUT2D eigenvalue weighted by molar-refractivity contribution is 7.09. The first-order valence-electron chi connectivity index (χ1n) is 7.81. The van der Waals surface area contributed by atoms with Crippen molar-refractivity contribution in [2.24, 2.45) is 0 Å². The zero-order chi connectivity index (χ0) is 17.8. The molecule has 0 spiro atoms. The number of thiazole rings is 1. The van der Waals surface area contributed by atoms with Gasteiger partial charge in [-0.2, -0.15) is 0 Å². The highest BCUT2D eigenvalue weighted by Crippen LogP contribution is 2.17. The number of hydrogen-bond donors (Lipinski definition) is 1. The van der Waals surface area contributed by atoms with Crippen LogP contribution in [0.25, 0.3) is 0 Å². The first-order chi connectivity index (χ1) is 12.0. The van der Waals surface area contributed by atoms with E-state index in [9.17, 15) is 14.0 Å². The Hall–Kier alpha value is -2.32. The van der Waals surface area contributed by atoms with Gasteiger partial charge in [0.15, 0.2) is 6.10 Å². The standard InChI is InChI=1S/C17H17FN2O4S/c18-12-3-1-11(2-4-12)7-15-19-13(10-25-15)8-16(21)20-5-6-24-14(9-20)17(22)23/h1-4,10,14H,5-9H2,(H,22,23)/t14-/m1/s1. The lowest BCUT2D eigenvalue weighted by atomic mass is 10.1. The van der Waals surface area contributed by atoms with Gasteiger partial charge in [-0.1, -0.05) is 12.1 Å². The van der Waals surface area contributed by atoms with Crippen molar-refractivity contribution < 1.29 is 23.8 Å². The Balaban J connectivity index is 1.58. The molecule has 1 fully saturated rings. The van der Waals surface area contributed by atoms with Gasteiger partial charge in [0.2, 0.25) is 5.91 Å². The van der Waals surface area contributed by atoms with Gasteiger partial charge in [-0.3, -0.25) is 4.79 Å². The molecule has 1 aromatic heterocycles. The van der Waals surface area contributed by atoms with E-state index >= 15 is 0 Å². The van der Waals surface area contributed by atoms with Gasteiger partial charge >= 0.3 is 5.97 Å². The lowest BCUT2D eigenvalue weighted by molar-refractivity contribution is -0.159. The minimum atomic E-state index is -1.06. The van der Waals surface area contributed by atoms with Crippen LogP contribution in [-0.4, -0.2) is 52.7 Å². The molecule has 1 aliphatic heterocycles. The number of carbonyl (C=O) groups excluding carboxylic acids is 1. The van der Waals surface area contributed by atoms with E-state index in [0.717, 1.165) is 10.6 Å². The zero-order valence-electron chi connectivity index (χ0n) is 13.4. The van der Waals surface area contributed by atoms with Gasteiger partial charge in [0.25, 0.3) is 0 Å². The monoisotopic (exact) mass is 364 g/mol. The summed E-state index contributed by atoms with van der Waals surface area (Å²) in [7, 11) is 0. The van der Waals surface area contributed by atoms with E-state index in [1.807, 2.05) is 5.38 Å². The molecule has 6 nitrogen and oxygen atoms in total. The molecule has 2 heterocycles. The van der Waals surface area contributed by atoms with Crippen molar-refractivity contribution in [2.75, 3.05) is 19.7 Å². The van der Waals surface area contributed by atoms with Crippen LogP contribution < -0.4 is 0 Å². The average Bonchev–Trinajstić information content (AvgIpc) is 3.04. The second-order valence-electron chi connectivity index (χ2n) is 5.75. The van der Waals surface area contributed by atoms with E-state index < -0.39 is 12.1 Å². The van der Waals surface area contributed by atoms with Gasteiger partial charge in [0.05, 0.1) is 30.3 Å². The van der Waals surface area contributed by atoms with Gasteiger partial charge < -0.3 is 14.7 Å². The van der Waals surface area contributed by atoms with Gasteiger partial charge in [-0.05, 0) is 17.7 Å². The number of amides is 1. The molecular weight excluding hydrogens is 347 g/mol. The van der Waals surface area contributed by atoms with Crippen molar-refractivity contribution in [1.29, 1.82) is 0 Å². The highest BCUT2D eigenvalue weighted by Gasteiger charge is 2.29. The zero-order valence-corrected chi connectivity index (χ0v) is 14.2. The summed E-state index contributed by atoms with van der Waals surface area (Å²) in [5.41, 5.74) is 1.61. The minimum Gasteiger partial charge on any atom is -0.479 e. The number of rotatable bonds is 5. The second kappa shape index (κ2) is 7.71. The summed E-state index contributed by atoms with van der Waals surface area (Å²) in [5, 5.41) is 11.7. The van der Waals surface area contributed by atoms with Crippen LogP contribution in [-0.2, 0) is 27.2 Å². The number of benzene rings is 1. The Bertz CT molecular complexity index is 762. The van der Waals surface area contributed by atoms with E-state index in [1.54, 1.807) is 12.1 Å². The molecule has 1 saturated heterocycles. The van der Waals surface area contributed by atoms with Crippen LogP contribution in [0.2, 0.25) is 0 Å². The molecule has 8 heteroatoms. The second-order valence-corrected chi connectivity index (χ2v) is 6.69. The van der Waals surface area contributed by atoms with Crippen LogP contribution in [0.4, 0.5) is 4.39 Å². The van der Waals surface area contributed by atoms with Crippen molar-refractivity contribution in [2.45, 2.75) is 18.9 Å². The fraction of sp³-hybridized carbons (Fsp3) is 0.353. The van der Waals surface area contributed by atoms with E-state index in [0.29, 0.717) is 18.7 Å². The van der Waals surface area contributed by atoms with Crippen molar-refractivity contribution >= 4 is 23.2 Å². The molecule has 1 amide bonds. The fourth-order valence-corrected chi connectivity index (χ4v) is 3.41. The number of hydrogen-bond acceptors (Lipinski definition) is 5. The Morgan fingerprint density at radius 1 is 1.36 bits per heavy atom. The minimum absolute atomic E-state index is 0.0563. The summed E-state index contributed by atoms with van der Waals surface area (Å²) < 4.78 is 18.0. The molecule has 0 aliphatic carbocycles. The molecule has 2 aromatic rings. The molecule has 1 atom stereocenters. The first-order valence-corrected chi connectivity index (χ1v) is 8.69. The molecule has 1 aliphatic rings. The van der Waals surface area contributed by atoms with Gasteiger partial charge in [-0.15, -0.1) is 11.3 Å². The van der Waals surface area contributed by atoms with Crippen LogP contribution in [0.15, 0.2) is 29.6 Å². The summed E-state index contributed by atoms with van der Waals surface area (Å²) >= 11 is 1.45. The van der Waals surface area contributed by atoms with Crippen molar-refractivity contribution in [3.63, 3.8) is 0 Å². The molecular formula is C17H17FN2O4S. The summed E-state index contributed by atoms with van der Waals surface area (Å²) in [6, 6.07) is 6.23. The number of carbonyl (C=O) groups is 2. The largest absolute Gasteiger partial charge is 0.479 e. The number of aliphatic carboxylic acids is 1. The number of ether oxygens (including phenoxy) is 1. The number of carboxylic acids is 1. The summed E-state index contributed by atoms with van der Waals surface area (Å²) in [4.78, 5) is 29.3. The SMILES string of the molecule is O=C(O)[C@H]1CN(C(=O)Cc2csc(Cc3ccc(F)cc3)n2)CCO1. The Kier molecular flexibility index (Phi) is 5.40. The molecule has 25 heavy (non-hydrogen) atoms. The van der Waals surface area contributed by atoms with E-state index in [-0.39, 0.29) is 31.3 Å². The van der Waals surface area contributed by atoms with Crippen LogP contribution in [0.1, 0.15) is 16.3 Å². The third kappa shape index (κ3) is 4.61. The Labute approximate surface area is 147 Å². The van der Waals surface area contributed by atoms with Crippen LogP contribution >= 0.6 is 11.3 Å². The quantitative estimate of drug-likeness (QED) is 0.874. The topological polar surface area (TPSA) is 79.7 Å². The molecule has 1 N–H and O–H groups in total. The predicted molar refractivity (Wildman–Crippen MR) is 89.0 cm³/mol. The maximum Gasteiger partial charge on any atom is 0.334 e. The summed E-state index contributed by atoms with van der Waals surface area (Å²) in [6.45, 7) is 0.658. The highest BCUT2D eigenvalue weighted by atomic mass is 32.1. The Morgan fingerprint density at radius 2 is 2.12 bits per heavy atom. The van der Waals surface area contributed by atoms with Crippen molar-refractivity contribution in [3.05, 3.63) is 51.7 Å². The third-order valence-corrected chi connectivity index (χ3v) is 4.79. The number of nitrogens with zero attached hydrogens (tertiary/aromatic N) is 2. The molecule has 132 valence electrons. The number of morpholine rings is 1. The fourth-order valence-electron chi connectivity index (χ4n) is 2.58. The summed E-state index contributed by atoms with van der Waals surface area (Å²) in [5.74, 6) is -1.50. The van der Waals surface area contributed by atoms with Gasteiger partial charge in [0.1, 0.15) is 5.82 Å². The first kappa shape index (κ1) is 17.5. The average molecular weight is 364 g/mol. The van der Waals surface area contributed by atoms with Crippen molar-refractivity contribution in [1.82, 2.24) is 9.88 Å². The van der Waals surface area contributed by atoms with Gasteiger partial charge in [-0.25, -0.2) is 14.2 Å². The molecule has 0 radical (unpaired) electrons. The van der Waals surface area contributed by atoms with Gasteiger partial charge in [0, 0.05) is 18.3 Å². The van der Waals surface area contributed by atoms with E-state index in [1.165, 1.54) is 28.4 Å². The molecule has 0 bridgehead atoms. The number of aromatic nitrogens is 1. The predicted octanol–water partition coefficient (Wildman–Crippen LogP) is 1.73. The normalized spacial score (nSPS) is 17.5. The summed E-state index contributed by atoms with van der Waals surface area (Å²) in [6.07, 6.45) is -0.258. The maximum atomic E-state index is 12.9. The van der Waals surface area contributed by atoms with Crippen LogP contribution in [0.3, 0.4) is 0 Å².